The van der Waals surface area contributed by atoms with Gasteiger partial charge in [-0.3, -0.25) is 0 Å². The van der Waals surface area contributed by atoms with Gasteiger partial charge in [0.2, 0.25) is 0 Å². The Balaban J connectivity index is 1.46. The van der Waals surface area contributed by atoms with Gasteiger partial charge in [0.1, 0.15) is 0 Å². The van der Waals surface area contributed by atoms with E-state index in [1.165, 1.54) is 65.7 Å². The van der Waals surface area contributed by atoms with E-state index in [-0.39, 0.29) is 0 Å². The maximum atomic E-state index is 3.78. The molecule has 0 atom stereocenters. The van der Waals surface area contributed by atoms with Gasteiger partial charge < -0.3 is 14.5 Å². The van der Waals surface area contributed by atoms with Gasteiger partial charge in [-0.15, -0.1) is 0 Å². The molecule has 0 saturated heterocycles. The van der Waals surface area contributed by atoms with Crippen LogP contribution in [0.15, 0.2) is 127 Å². The van der Waals surface area contributed by atoms with Crippen molar-refractivity contribution in [2.45, 2.75) is 0 Å². The smallest absolute Gasteiger partial charge is 0.0783 e. The fourth-order valence-corrected chi connectivity index (χ4v) is 6.64. The zero-order chi connectivity index (χ0) is 25.5. The third kappa shape index (κ3) is 2.76. The molecule has 3 heterocycles. The van der Waals surface area contributed by atoms with Crippen LogP contribution < -0.4 is 0 Å². The average molecular weight is 498 g/mol. The summed E-state index contributed by atoms with van der Waals surface area (Å²) in [7, 11) is 0. The molecular weight excluding hydrogens is 474 g/mol. The summed E-state index contributed by atoms with van der Waals surface area (Å²) in [4.78, 5) is 7.40. The number of hydrogen-bond acceptors (Lipinski definition) is 0. The van der Waals surface area contributed by atoms with Gasteiger partial charge >= 0.3 is 0 Å². The Hall–Kier alpha value is -5.28. The van der Waals surface area contributed by atoms with E-state index in [2.05, 4.69) is 142 Å². The first-order valence-corrected chi connectivity index (χ1v) is 13.4. The Morgan fingerprint density at radius 3 is 1.95 bits per heavy atom. The van der Waals surface area contributed by atoms with Crippen LogP contribution >= 0.6 is 0 Å². The highest BCUT2D eigenvalue weighted by atomic mass is 15.0. The molecule has 0 bridgehead atoms. The lowest BCUT2D eigenvalue weighted by atomic mass is 9.97. The van der Waals surface area contributed by atoms with Crippen LogP contribution in [-0.2, 0) is 0 Å². The molecule has 6 aromatic carbocycles. The van der Waals surface area contributed by atoms with Gasteiger partial charge in [-0.1, -0.05) is 97.1 Å². The van der Waals surface area contributed by atoms with E-state index in [0.29, 0.717) is 0 Å². The minimum Gasteiger partial charge on any atom is -0.354 e. The fourth-order valence-electron chi connectivity index (χ4n) is 6.64. The second-order valence-corrected chi connectivity index (χ2v) is 10.3. The van der Waals surface area contributed by atoms with E-state index in [9.17, 15) is 0 Å². The summed E-state index contributed by atoms with van der Waals surface area (Å²) in [6.07, 6.45) is 0. The number of hydrogen-bond donors (Lipinski definition) is 2. The van der Waals surface area contributed by atoms with Crippen molar-refractivity contribution >= 4 is 65.4 Å². The maximum absolute atomic E-state index is 3.78. The van der Waals surface area contributed by atoms with Gasteiger partial charge in [0, 0.05) is 54.4 Å². The number of aromatic nitrogens is 3. The third-order valence-corrected chi connectivity index (χ3v) is 8.28. The lowest BCUT2D eigenvalue weighted by molar-refractivity contribution is 1.19. The molecule has 0 aliphatic rings. The van der Waals surface area contributed by atoms with Gasteiger partial charge in [0.25, 0.3) is 0 Å². The van der Waals surface area contributed by atoms with Crippen molar-refractivity contribution in [2.75, 3.05) is 0 Å². The number of H-pyrrole nitrogens is 2. The molecule has 182 valence electrons. The van der Waals surface area contributed by atoms with Crippen LogP contribution in [0.25, 0.3) is 82.2 Å². The molecule has 2 N–H and O–H groups in total. The van der Waals surface area contributed by atoms with Crippen molar-refractivity contribution in [3.63, 3.8) is 0 Å². The summed E-state index contributed by atoms with van der Waals surface area (Å²) in [6, 6.07) is 45.9. The molecule has 9 rings (SSSR count). The van der Waals surface area contributed by atoms with Gasteiger partial charge in [-0.25, -0.2) is 0 Å². The molecule has 0 aliphatic heterocycles. The molecule has 39 heavy (non-hydrogen) atoms. The molecule has 0 aliphatic carbocycles. The summed E-state index contributed by atoms with van der Waals surface area (Å²) in [5, 5.41) is 7.52. The number of para-hydroxylation sites is 4. The predicted molar refractivity (Wildman–Crippen MR) is 165 cm³/mol. The van der Waals surface area contributed by atoms with Crippen molar-refractivity contribution in [3.05, 3.63) is 127 Å². The molecule has 0 amide bonds. The number of fused-ring (bicyclic) bond motifs is 10. The quantitative estimate of drug-likeness (QED) is 0.238. The summed E-state index contributed by atoms with van der Waals surface area (Å²) in [5.74, 6) is 0. The summed E-state index contributed by atoms with van der Waals surface area (Å²) in [6.45, 7) is 0. The standard InChI is InChI=1S/C36H23N3/c1-5-15-29-22(10-1)26-20-21-27-24-12-4-8-19-33(24)39(36(27)35(26)38-29)32-18-7-3-11-23(32)25-14-9-17-31-34(25)28-13-2-6-16-30(28)37-31/h1-21,37-38H. The number of benzene rings is 6. The SMILES string of the molecule is c1ccc(-n2c3ccccc3c3ccc4c5ccccc5[nH]c4c32)c(-c2cccc3[nH]c4ccccc4c23)c1. The highest BCUT2D eigenvalue weighted by Gasteiger charge is 2.20. The number of nitrogens with one attached hydrogen (secondary N) is 2. The van der Waals surface area contributed by atoms with Crippen molar-refractivity contribution in [1.29, 1.82) is 0 Å². The van der Waals surface area contributed by atoms with E-state index in [4.69, 9.17) is 0 Å². The first kappa shape index (κ1) is 20.7. The Labute approximate surface area is 223 Å². The first-order valence-electron chi connectivity index (χ1n) is 13.4. The van der Waals surface area contributed by atoms with Crippen LogP contribution in [0, 0.1) is 0 Å². The largest absolute Gasteiger partial charge is 0.354 e. The molecule has 0 radical (unpaired) electrons. The molecule has 9 aromatic rings. The molecule has 0 spiro atoms. The molecule has 3 heteroatoms. The Kier molecular flexibility index (Phi) is 4.05. The highest BCUT2D eigenvalue weighted by Crippen LogP contribution is 2.42. The van der Waals surface area contributed by atoms with Crippen molar-refractivity contribution < 1.29 is 0 Å². The summed E-state index contributed by atoms with van der Waals surface area (Å²) in [5.41, 5.74) is 10.7. The molecular formula is C36H23N3. The minimum atomic E-state index is 1.16. The van der Waals surface area contributed by atoms with E-state index >= 15 is 0 Å². The van der Waals surface area contributed by atoms with Gasteiger partial charge in [-0.05, 0) is 35.9 Å². The Bertz CT molecular complexity index is 2400. The number of nitrogens with zero attached hydrogens (tertiary/aromatic N) is 1. The number of aromatic amines is 2. The number of rotatable bonds is 2. The molecule has 0 fully saturated rings. The molecule has 0 unspecified atom stereocenters. The normalized spacial score (nSPS) is 12.1. The van der Waals surface area contributed by atoms with Crippen LogP contribution in [-0.4, -0.2) is 14.5 Å². The van der Waals surface area contributed by atoms with Crippen LogP contribution in [0.2, 0.25) is 0 Å². The van der Waals surface area contributed by atoms with Crippen molar-refractivity contribution in [2.24, 2.45) is 0 Å². The van der Waals surface area contributed by atoms with E-state index in [0.717, 1.165) is 16.6 Å². The van der Waals surface area contributed by atoms with Crippen LogP contribution in [0.3, 0.4) is 0 Å². The summed E-state index contributed by atoms with van der Waals surface area (Å²) < 4.78 is 2.46. The maximum Gasteiger partial charge on any atom is 0.0783 e. The Morgan fingerprint density at radius 2 is 1.05 bits per heavy atom. The van der Waals surface area contributed by atoms with Crippen LogP contribution in [0.1, 0.15) is 0 Å². The van der Waals surface area contributed by atoms with Gasteiger partial charge in [0.15, 0.2) is 0 Å². The monoisotopic (exact) mass is 497 g/mol. The zero-order valence-electron chi connectivity index (χ0n) is 21.1. The van der Waals surface area contributed by atoms with Crippen LogP contribution in [0.4, 0.5) is 0 Å². The molecule has 0 saturated carbocycles. The topological polar surface area (TPSA) is 36.5 Å². The lowest BCUT2D eigenvalue weighted by Gasteiger charge is -2.15. The predicted octanol–water partition coefficient (Wildman–Crippen LogP) is 9.72. The van der Waals surface area contributed by atoms with E-state index < -0.39 is 0 Å². The van der Waals surface area contributed by atoms with E-state index in [1.54, 1.807) is 0 Å². The fraction of sp³-hybridized carbons (Fsp3) is 0. The highest BCUT2D eigenvalue weighted by molar-refractivity contribution is 6.23. The van der Waals surface area contributed by atoms with Crippen molar-refractivity contribution in [1.82, 2.24) is 14.5 Å². The molecule has 3 nitrogen and oxygen atoms in total. The minimum absolute atomic E-state index is 1.16. The average Bonchev–Trinajstić information content (AvgIpc) is 3.66. The molecule has 3 aromatic heterocycles. The summed E-state index contributed by atoms with van der Waals surface area (Å²) >= 11 is 0. The first-order chi connectivity index (χ1) is 19.4. The second kappa shape index (κ2) is 7.62. The zero-order valence-corrected chi connectivity index (χ0v) is 21.1. The van der Waals surface area contributed by atoms with E-state index in [1.807, 2.05) is 0 Å². The van der Waals surface area contributed by atoms with Crippen LogP contribution in [0.5, 0.6) is 0 Å². The second-order valence-electron chi connectivity index (χ2n) is 10.3. The van der Waals surface area contributed by atoms with Crippen molar-refractivity contribution in [3.8, 4) is 16.8 Å². The lowest BCUT2D eigenvalue weighted by Crippen LogP contribution is -1.98. The third-order valence-electron chi connectivity index (χ3n) is 8.28. The Morgan fingerprint density at radius 1 is 0.410 bits per heavy atom. The van der Waals surface area contributed by atoms with Gasteiger partial charge in [0.05, 0.1) is 22.2 Å². The van der Waals surface area contributed by atoms with Gasteiger partial charge in [-0.2, -0.15) is 0 Å².